The molecule has 3 unspecified atom stereocenters. The lowest BCUT2D eigenvalue weighted by molar-refractivity contribution is -0.174. The van der Waals surface area contributed by atoms with E-state index in [0.717, 1.165) is 39.0 Å². The van der Waals surface area contributed by atoms with E-state index in [1.807, 2.05) is 18.2 Å². The first-order valence-corrected chi connectivity index (χ1v) is 8.07. The standard InChI is InChI=1S/C17H24N2O3/c18-17(20)16-10-15(7-6-13-4-2-1-3-5-13)22-19(16)11-14-8-9-21-12-14/h1-5,14-16H,6-12H2,(H2,18,20). The zero-order chi connectivity index (χ0) is 15.4. The normalized spacial score (nSPS) is 29.0. The van der Waals surface area contributed by atoms with Crippen LogP contribution in [0.15, 0.2) is 30.3 Å². The molecule has 0 aromatic heterocycles. The number of nitrogens with zero attached hydrogens (tertiary/aromatic N) is 1. The van der Waals surface area contributed by atoms with Gasteiger partial charge in [0.1, 0.15) is 6.04 Å². The quantitative estimate of drug-likeness (QED) is 0.865. The number of nitrogens with two attached hydrogens (primary N) is 1. The third-order valence-electron chi connectivity index (χ3n) is 4.51. The number of amides is 1. The van der Waals surface area contributed by atoms with Crippen LogP contribution in [0, 0.1) is 5.92 Å². The molecule has 0 bridgehead atoms. The Labute approximate surface area is 131 Å². The van der Waals surface area contributed by atoms with E-state index in [1.165, 1.54) is 5.56 Å². The van der Waals surface area contributed by atoms with Crippen LogP contribution in [-0.2, 0) is 20.8 Å². The summed E-state index contributed by atoms with van der Waals surface area (Å²) in [5.74, 6) is 0.149. The van der Waals surface area contributed by atoms with Gasteiger partial charge in [-0.1, -0.05) is 30.3 Å². The molecule has 3 rings (SSSR count). The Morgan fingerprint density at radius 1 is 1.32 bits per heavy atom. The molecule has 0 spiro atoms. The fourth-order valence-corrected chi connectivity index (χ4v) is 3.23. The fraction of sp³-hybridized carbons (Fsp3) is 0.588. The zero-order valence-electron chi connectivity index (χ0n) is 12.8. The van der Waals surface area contributed by atoms with Crippen molar-refractivity contribution in [3.63, 3.8) is 0 Å². The highest BCUT2D eigenvalue weighted by Gasteiger charge is 2.38. The molecule has 0 radical (unpaired) electrons. The molecular weight excluding hydrogens is 280 g/mol. The van der Waals surface area contributed by atoms with Crippen LogP contribution in [0.1, 0.15) is 24.8 Å². The lowest BCUT2D eigenvalue weighted by Crippen LogP contribution is -2.41. The van der Waals surface area contributed by atoms with Crippen molar-refractivity contribution in [1.29, 1.82) is 0 Å². The molecule has 2 heterocycles. The van der Waals surface area contributed by atoms with Gasteiger partial charge in [-0.3, -0.25) is 9.63 Å². The number of hydroxylamine groups is 2. The first-order valence-electron chi connectivity index (χ1n) is 8.07. The van der Waals surface area contributed by atoms with Crippen molar-refractivity contribution < 1.29 is 14.4 Å². The lowest BCUT2D eigenvalue weighted by atomic mass is 10.0. The second-order valence-electron chi connectivity index (χ2n) is 6.23. The van der Waals surface area contributed by atoms with Crippen LogP contribution < -0.4 is 5.73 Å². The smallest absolute Gasteiger partial charge is 0.237 e. The van der Waals surface area contributed by atoms with Gasteiger partial charge in [-0.25, -0.2) is 0 Å². The molecule has 1 aromatic carbocycles. The number of ether oxygens (including phenoxy) is 1. The Bertz CT molecular complexity index is 488. The molecule has 2 aliphatic heterocycles. The van der Waals surface area contributed by atoms with E-state index < -0.39 is 0 Å². The summed E-state index contributed by atoms with van der Waals surface area (Å²) >= 11 is 0. The summed E-state index contributed by atoms with van der Waals surface area (Å²) in [5, 5.41) is 1.80. The number of carbonyl (C=O) groups excluding carboxylic acids is 1. The van der Waals surface area contributed by atoms with Crippen molar-refractivity contribution in [3.8, 4) is 0 Å². The number of carbonyl (C=O) groups is 1. The highest BCUT2D eigenvalue weighted by atomic mass is 16.7. The predicted molar refractivity (Wildman–Crippen MR) is 82.9 cm³/mol. The van der Waals surface area contributed by atoms with Crippen molar-refractivity contribution in [2.24, 2.45) is 11.7 Å². The van der Waals surface area contributed by atoms with Crippen molar-refractivity contribution in [2.45, 2.75) is 37.8 Å². The van der Waals surface area contributed by atoms with Gasteiger partial charge in [0, 0.05) is 19.6 Å². The van der Waals surface area contributed by atoms with Crippen LogP contribution in [0.2, 0.25) is 0 Å². The number of hydrogen-bond donors (Lipinski definition) is 1. The monoisotopic (exact) mass is 304 g/mol. The second kappa shape index (κ2) is 7.22. The Balaban J connectivity index is 1.54. The molecule has 2 saturated heterocycles. The van der Waals surface area contributed by atoms with Gasteiger partial charge in [0.05, 0.1) is 12.7 Å². The molecule has 120 valence electrons. The Morgan fingerprint density at radius 2 is 2.14 bits per heavy atom. The molecule has 2 fully saturated rings. The summed E-state index contributed by atoms with van der Waals surface area (Å²) in [7, 11) is 0. The lowest BCUT2D eigenvalue weighted by Gasteiger charge is -2.23. The topological polar surface area (TPSA) is 64.8 Å². The summed E-state index contributed by atoms with van der Waals surface area (Å²) < 4.78 is 5.40. The Kier molecular flexibility index (Phi) is 5.08. The molecule has 2 aliphatic rings. The first-order chi connectivity index (χ1) is 10.7. The zero-order valence-corrected chi connectivity index (χ0v) is 12.8. The number of hydrogen-bond acceptors (Lipinski definition) is 4. The molecule has 5 heteroatoms. The summed E-state index contributed by atoms with van der Waals surface area (Å²) in [5.41, 5.74) is 6.84. The Morgan fingerprint density at radius 3 is 2.82 bits per heavy atom. The largest absolute Gasteiger partial charge is 0.381 e. The Hall–Kier alpha value is -1.43. The summed E-state index contributed by atoms with van der Waals surface area (Å²) in [6.45, 7) is 2.28. The maximum atomic E-state index is 11.7. The highest BCUT2D eigenvalue weighted by Crippen LogP contribution is 2.27. The van der Waals surface area contributed by atoms with Crippen LogP contribution in [0.4, 0.5) is 0 Å². The van der Waals surface area contributed by atoms with E-state index in [9.17, 15) is 4.79 Å². The fourth-order valence-electron chi connectivity index (χ4n) is 3.23. The SMILES string of the molecule is NC(=O)C1CC(CCc2ccccc2)ON1CC1CCOC1. The first kappa shape index (κ1) is 15.5. The van der Waals surface area contributed by atoms with Crippen LogP contribution in [0.3, 0.4) is 0 Å². The predicted octanol–water partition coefficient (Wildman–Crippen LogP) is 1.52. The minimum absolute atomic E-state index is 0.0695. The van der Waals surface area contributed by atoms with E-state index in [0.29, 0.717) is 12.3 Å². The van der Waals surface area contributed by atoms with Crippen molar-refractivity contribution in [1.82, 2.24) is 5.06 Å². The maximum absolute atomic E-state index is 11.7. The molecule has 0 saturated carbocycles. The highest BCUT2D eigenvalue weighted by molar-refractivity contribution is 5.79. The summed E-state index contributed by atoms with van der Waals surface area (Å²) in [4.78, 5) is 17.7. The van der Waals surface area contributed by atoms with Crippen LogP contribution in [0.25, 0.3) is 0 Å². The third-order valence-corrected chi connectivity index (χ3v) is 4.51. The van der Waals surface area contributed by atoms with Gasteiger partial charge >= 0.3 is 0 Å². The van der Waals surface area contributed by atoms with Gasteiger partial charge in [-0.2, -0.15) is 5.06 Å². The molecule has 0 aliphatic carbocycles. The minimum atomic E-state index is -0.304. The van der Waals surface area contributed by atoms with E-state index in [2.05, 4.69) is 12.1 Å². The van der Waals surface area contributed by atoms with Gasteiger partial charge in [-0.05, 0) is 30.7 Å². The number of aryl methyl sites for hydroxylation is 1. The van der Waals surface area contributed by atoms with Crippen LogP contribution in [-0.4, -0.2) is 42.9 Å². The van der Waals surface area contributed by atoms with Gasteiger partial charge in [0.15, 0.2) is 0 Å². The molecule has 22 heavy (non-hydrogen) atoms. The number of primary amides is 1. The average Bonchev–Trinajstić information content (AvgIpc) is 3.16. The number of rotatable bonds is 6. The van der Waals surface area contributed by atoms with Gasteiger partial charge in [0.2, 0.25) is 5.91 Å². The number of benzene rings is 1. The second-order valence-corrected chi connectivity index (χ2v) is 6.23. The van der Waals surface area contributed by atoms with Crippen LogP contribution >= 0.6 is 0 Å². The average molecular weight is 304 g/mol. The minimum Gasteiger partial charge on any atom is -0.381 e. The van der Waals surface area contributed by atoms with E-state index >= 15 is 0 Å². The molecule has 1 aromatic rings. The third kappa shape index (κ3) is 3.85. The van der Waals surface area contributed by atoms with E-state index in [1.54, 1.807) is 5.06 Å². The van der Waals surface area contributed by atoms with Crippen molar-refractivity contribution >= 4 is 5.91 Å². The molecule has 2 N–H and O–H groups in total. The van der Waals surface area contributed by atoms with Gasteiger partial charge in [-0.15, -0.1) is 0 Å². The maximum Gasteiger partial charge on any atom is 0.237 e. The van der Waals surface area contributed by atoms with Crippen molar-refractivity contribution in [3.05, 3.63) is 35.9 Å². The molecular formula is C17H24N2O3. The summed E-state index contributed by atoms with van der Waals surface area (Å²) in [6.07, 6.45) is 3.65. The van der Waals surface area contributed by atoms with Crippen LogP contribution in [0.5, 0.6) is 0 Å². The molecule has 1 amide bonds. The van der Waals surface area contributed by atoms with Gasteiger partial charge < -0.3 is 10.5 Å². The van der Waals surface area contributed by atoms with E-state index in [4.69, 9.17) is 15.3 Å². The molecule has 5 nitrogen and oxygen atoms in total. The molecule has 3 atom stereocenters. The summed E-state index contributed by atoms with van der Waals surface area (Å²) in [6, 6.07) is 10.0. The van der Waals surface area contributed by atoms with E-state index in [-0.39, 0.29) is 18.1 Å². The van der Waals surface area contributed by atoms with Crippen molar-refractivity contribution in [2.75, 3.05) is 19.8 Å². The van der Waals surface area contributed by atoms with Gasteiger partial charge in [0.25, 0.3) is 0 Å².